The molecule has 4 aromatic rings. The molecule has 0 saturated heterocycles. The fourth-order valence-corrected chi connectivity index (χ4v) is 6.21. The van der Waals surface area contributed by atoms with Crippen LogP contribution in [-0.4, -0.2) is 42.9 Å². The van der Waals surface area contributed by atoms with Crippen LogP contribution in [0.1, 0.15) is 21.4 Å². The molecular weight excluding hydrogens is 410 g/mol. The van der Waals surface area contributed by atoms with E-state index >= 15 is 0 Å². The van der Waals surface area contributed by atoms with Gasteiger partial charge in [0.1, 0.15) is 11.4 Å². The van der Waals surface area contributed by atoms with Gasteiger partial charge in [-0.2, -0.15) is 5.10 Å². The van der Waals surface area contributed by atoms with Gasteiger partial charge in [-0.05, 0) is 34.9 Å². The molecule has 5 heterocycles. The highest BCUT2D eigenvalue weighted by Gasteiger charge is 2.33. The van der Waals surface area contributed by atoms with Gasteiger partial charge >= 0.3 is 0 Å². The van der Waals surface area contributed by atoms with Crippen molar-refractivity contribution in [3.8, 4) is 0 Å². The van der Waals surface area contributed by atoms with Gasteiger partial charge in [-0.3, -0.25) is 9.48 Å². The van der Waals surface area contributed by atoms with Crippen molar-refractivity contribution >= 4 is 51.4 Å². The number of thioether (sulfide) groups is 1. The van der Waals surface area contributed by atoms with Crippen molar-refractivity contribution in [3.63, 3.8) is 0 Å². The highest BCUT2D eigenvalue weighted by Crippen LogP contribution is 2.40. The molecule has 0 bridgehead atoms. The van der Waals surface area contributed by atoms with Crippen molar-refractivity contribution in [3.05, 3.63) is 56.8 Å². The first-order valence-electron chi connectivity index (χ1n) is 8.87. The van der Waals surface area contributed by atoms with Crippen LogP contribution in [0.15, 0.2) is 46.5 Å². The van der Waals surface area contributed by atoms with E-state index in [-0.39, 0.29) is 11.9 Å². The maximum atomic E-state index is 13.2. The fraction of sp³-hybridized carbons (Fsp3) is 0.263. The number of thiophene rings is 2. The van der Waals surface area contributed by atoms with Gasteiger partial charge in [0, 0.05) is 23.3 Å². The summed E-state index contributed by atoms with van der Waals surface area (Å²) in [5, 5.41) is 10.1. The average molecular weight is 428 g/mol. The molecule has 4 aromatic heterocycles. The van der Waals surface area contributed by atoms with Crippen molar-refractivity contribution in [2.75, 3.05) is 12.3 Å². The van der Waals surface area contributed by atoms with E-state index in [1.807, 2.05) is 11.9 Å². The number of aryl methyl sites for hydroxylation is 1. The minimum atomic E-state index is 0.0203. The zero-order valence-electron chi connectivity index (χ0n) is 15.1. The van der Waals surface area contributed by atoms with Crippen LogP contribution in [0.4, 0.5) is 0 Å². The Hall–Kier alpha value is -2.23. The lowest BCUT2D eigenvalue weighted by molar-refractivity contribution is -0.130. The third-order valence-electron chi connectivity index (χ3n) is 4.92. The molecule has 0 radical (unpaired) electrons. The summed E-state index contributed by atoms with van der Waals surface area (Å²) in [5.41, 5.74) is 2.05. The molecule has 9 heteroatoms. The molecule has 1 atom stereocenters. The summed E-state index contributed by atoms with van der Waals surface area (Å²) >= 11 is 4.96. The first-order valence-corrected chi connectivity index (χ1v) is 11.6. The van der Waals surface area contributed by atoms with E-state index in [9.17, 15) is 4.79 Å². The number of amides is 1. The molecular formula is C19H17N5OS3. The first kappa shape index (κ1) is 17.8. The van der Waals surface area contributed by atoms with Crippen LogP contribution in [0, 0.1) is 0 Å². The molecule has 0 aliphatic carbocycles. The quantitative estimate of drug-likeness (QED) is 0.367. The van der Waals surface area contributed by atoms with E-state index in [0.29, 0.717) is 5.75 Å². The molecule has 0 aromatic carbocycles. The van der Waals surface area contributed by atoms with Crippen LogP contribution >= 0.6 is 34.4 Å². The number of carbonyl (C=O) groups excluding carboxylic acids is 1. The summed E-state index contributed by atoms with van der Waals surface area (Å²) < 4.78 is 1.72. The summed E-state index contributed by atoms with van der Waals surface area (Å²) in [6, 6.07) is 6.37. The standard InChI is InChI=1S/C19H17N5OS3/c1-23-18-13(9-22-23)19(21-11-20-18)28-10-16(25)24-6-4-14-12(5-8-27-14)17(24)15-3-2-7-26-15/h2-3,5,7-9,11,17H,4,6,10H2,1H3/t17-/m0/s1. The van der Waals surface area contributed by atoms with Gasteiger partial charge in [-0.15, -0.1) is 22.7 Å². The summed E-state index contributed by atoms with van der Waals surface area (Å²) in [6.45, 7) is 0.752. The molecule has 0 spiro atoms. The van der Waals surface area contributed by atoms with Gasteiger partial charge in [-0.25, -0.2) is 9.97 Å². The average Bonchev–Trinajstić information content (AvgIpc) is 3.46. The molecule has 28 heavy (non-hydrogen) atoms. The largest absolute Gasteiger partial charge is 0.330 e. The smallest absolute Gasteiger partial charge is 0.233 e. The lowest BCUT2D eigenvalue weighted by Crippen LogP contribution is -2.40. The summed E-state index contributed by atoms with van der Waals surface area (Å²) in [5.74, 6) is 0.485. The van der Waals surface area contributed by atoms with Crippen molar-refractivity contribution in [2.45, 2.75) is 17.5 Å². The number of carbonyl (C=O) groups is 1. The summed E-state index contributed by atoms with van der Waals surface area (Å²) in [4.78, 5) is 26.5. The number of hydrogen-bond acceptors (Lipinski definition) is 7. The summed E-state index contributed by atoms with van der Waals surface area (Å²) in [6.07, 6.45) is 4.21. The molecule has 6 nitrogen and oxygen atoms in total. The predicted molar refractivity (Wildman–Crippen MR) is 113 cm³/mol. The Morgan fingerprint density at radius 2 is 2.21 bits per heavy atom. The second-order valence-electron chi connectivity index (χ2n) is 6.53. The van der Waals surface area contributed by atoms with E-state index in [2.05, 4.69) is 44.0 Å². The Balaban J connectivity index is 1.40. The maximum Gasteiger partial charge on any atom is 0.233 e. The Labute approximate surface area is 174 Å². The Morgan fingerprint density at radius 1 is 1.29 bits per heavy atom. The lowest BCUT2D eigenvalue weighted by atomic mass is 9.98. The number of aromatic nitrogens is 4. The van der Waals surface area contributed by atoms with Gasteiger partial charge in [0.25, 0.3) is 0 Å². The normalized spacial score (nSPS) is 16.5. The van der Waals surface area contributed by atoms with Gasteiger partial charge in [0.15, 0.2) is 5.65 Å². The fourth-order valence-electron chi connectivity index (χ4n) is 3.61. The number of fused-ring (bicyclic) bond motifs is 2. The number of hydrogen-bond donors (Lipinski definition) is 0. The first-order chi connectivity index (χ1) is 13.7. The Bertz CT molecular complexity index is 1130. The molecule has 1 aliphatic heterocycles. The van der Waals surface area contributed by atoms with E-state index in [1.165, 1.54) is 33.4 Å². The van der Waals surface area contributed by atoms with Crippen molar-refractivity contribution in [1.82, 2.24) is 24.6 Å². The Morgan fingerprint density at radius 3 is 3.07 bits per heavy atom. The van der Waals surface area contributed by atoms with E-state index < -0.39 is 0 Å². The lowest BCUT2D eigenvalue weighted by Gasteiger charge is -2.35. The molecule has 0 unspecified atom stereocenters. The topological polar surface area (TPSA) is 63.9 Å². The third-order valence-corrected chi connectivity index (χ3v) is 7.84. The second-order valence-corrected chi connectivity index (χ2v) is 9.47. The van der Waals surface area contributed by atoms with Gasteiger partial charge in [-0.1, -0.05) is 17.8 Å². The molecule has 0 N–H and O–H groups in total. The SMILES string of the molecule is Cn1ncc2c(SCC(=O)N3CCc4sccc4[C@H]3c3cccs3)ncnc21. The van der Waals surface area contributed by atoms with Gasteiger partial charge in [0.05, 0.1) is 23.4 Å². The summed E-state index contributed by atoms with van der Waals surface area (Å²) in [7, 11) is 1.85. The predicted octanol–water partition coefficient (Wildman–Crippen LogP) is 3.75. The molecule has 1 amide bonds. The van der Waals surface area contributed by atoms with Crippen LogP contribution < -0.4 is 0 Å². The molecule has 5 rings (SSSR count). The van der Waals surface area contributed by atoms with Crippen molar-refractivity contribution < 1.29 is 4.79 Å². The van der Waals surface area contributed by atoms with Gasteiger partial charge < -0.3 is 4.90 Å². The molecule has 0 saturated carbocycles. The van der Waals surface area contributed by atoms with E-state index in [4.69, 9.17) is 0 Å². The Kier molecular flexibility index (Phi) is 4.65. The minimum absolute atomic E-state index is 0.0203. The van der Waals surface area contributed by atoms with Crippen LogP contribution in [0.3, 0.4) is 0 Å². The number of rotatable bonds is 4. The highest BCUT2D eigenvalue weighted by atomic mass is 32.2. The van der Waals surface area contributed by atoms with Crippen molar-refractivity contribution in [2.24, 2.45) is 7.05 Å². The van der Waals surface area contributed by atoms with Crippen LogP contribution in [0.5, 0.6) is 0 Å². The molecule has 142 valence electrons. The van der Waals surface area contributed by atoms with E-state index in [1.54, 1.807) is 33.6 Å². The van der Waals surface area contributed by atoms with Crippen molar-refractivity contribution in [1.29, 1.82) is 0 Å². The molecule has 0 fully saturated rings. The second kappa shape index (κ2) is 7.31. The highest BCUT2D eigenvalue weighted by molar-refractivity contribution is 8.00. The molecule has 1 aliphatic rings. The zero-order chi connectivity index (χ0) is 19.1. The maximum absolute atomic E-state index is 13.2. The van der Waals surface area contributed by atoms with Gasteiger partial charge in [0.2, 0.25) is 5.91 Å². The van der Waals surface area contributed by atoms with Crippen LogP contribution in [0.25, 0.3) is 11.0 Å². The van der Waals surface area contributed by atoms with Crippen LogP contribution in [0.2, 0.25) is 0 Å². The van der Waals surface area contributed by atoms with Crippen LogP contribution in [-0.2, 0) is 18.3 Å². The third kappa shape index (κ3) is 3.03. The zero-order valence-corrected chi connectivity index (χ0v) is 17.6. The van der Waals surface area contributed by atoms with E-state index in [0.717, 1.165) is 29.0 Å². The minimum Gasteiger partial charge on any atom is -0.330 e. The monoisotopic (exact) mass is 427 g/mol. The number of nitrogens with zero attached hydrogens (tertiary/aromatic N) is 5.